The molecule has 2 atom stereocenters. The normalized spacial score (nSPS) is 13.7. The van der Waals surface area contributed by atoms with Crippen molar-refractivity contribution in [1.29, 1.82) is 0 Å². The van der Waals surface area contributed by atoms with Gasteiger partial charge in [-0.1, -0.05) is 19.4 Å². The molecule has 1 rings (SSSR count). The summed E-state index contributed by atoms with van der Waals surface area (Å²) in [4.78, 5) is 11.7. The number of halogens is 2. The van der Waals surface area contributed by atoms with E-state index in [1.54, 1.807) is 6.92 Å². The van der Waals surface area contributed by atoms with Gasteiger partial charge in [0.2, 0.25) is 0 Å². The zero-order chi connectivity index (χ0) is 14.4. The first-order valence-corrected chi connectivity index (χ1v) is 6.46. The Balaban J connectivity index is 2.56. The van der Waals surface area contributed by atoms with Crippen LogP contribution in [0.5, 0.6) is 0 Å². The molecular weight excluding hydrogens is 250 g/mol. The van der Waals surface area contributed by atoms with Gasteiger partial charge < -0.3 is 10.6 Å². The third kappa shape index (κ3) is 4.85. The lowest BCUT2D eigenvalue weighted by molar-refractivity contribution is 0.234. The van der Waals surface area contributed by atoms with E-state index in [-0.39, 0.29) is 18.1 Å². The van der Waals surface area contributed by atoms with E-state index in [9.17, 15) is 13.6 Å². The minimum Gasteiger partial charge on any atom is -0.336 e. The van der Waals surface area contributed by atoms with Gasteiger partial charge in [0, 0.05) is 6.04 Å². The monoisotopic (exact) mass is 270 g/mol. The summed E-state index contributed by atoms with van der Waals surface area (Å²) in [6, 6.07) is 3.00. The summed E-state index contributed by atoms with van der Waals surface area (Å²) in [5.41, 5.74) is 0.525. The highest BCUT2D eigenvalue weighted by atomic mass is 19.2. The second kappa shape index (κ2) is 7.07. The first-order chi connectivity index (χ1) is 8.93. The Morgan fingerprint density at radius 3 is 2.47 bits per heavy atom. The van der Waals surface area contributed by atoms with Crippen LogP contribution in [0.25, 0.3) is 0 Å². The van der Waals surface area contributed by atoms with Crippen LogP contribution in [0.1, 0.15) is 45.2 Å². The molecule has 0 aliphatic rings. The van der Waals surface area contributed by atoms with Gasteiger partial charge >= 0.3 is 6.03 Å². The number of benzene rings is 1. The van der Waals surface area contributed by atoms with Crippen LogP contribution in [-0.2, 0) is 0 Å². The minimum atomic E-state index is -0.911. The Labute approximate surface area is 112 Å². The molecule has 0 aliphatic heterocycles. The molecule has 19 heavy (non-hydrogen) atoms. The molecule has 0 aliphatic carbocycles. The van der Waals surface area contributed by atoms with Crippen LogP contribution in [0.2, 0.25) is 0 Å². The molecule has 0 aromatic heterocycles. The lowest BCUT2D eigenvalue weighted by atomic mass is 10.1. The third-order valence-electron chi connectivity index (χ3n) is 2.89. The number of hydrogen-bond acceptors (Lipinski definition) is 1. The SMILES string of the molecule is CCC[C@H](C)NC(=O)N[C@H](C)c1ccc(F)c(F)c1. The molecule has 0 unspecified atom stereocenters. The summed E-state index contributed by atoms with van der Waals surface area (Å²) in [7, 11) is 0. The van der Waals surface area contributed by atoms with Crippen LogP contribution in [0.15, 0.2) is 18.2 Å². The van der Waals surface area contributed by atoms with Gasteiger partial charge in [0.05, 0.1) is 6.04 Å². The van der Waals surface area contributed by atoms with Crippen molar-refractivity contribution in [3.05, 3.63) is 35.4 Å². The van der Waals surface area contributed by atoms with Gasteiger partial charge in [0.15, 0.2) is 11.6 Å². The predicted octanol–water partition coefficient (Wildman–Crippen LogP) is 3.51. The molecule has 0 fully saturated rings. The smallest absolute Gasteiger partial charge is 0.315 e. The third-order valence-corrected chi connectivity index (χ3v) is 2.89. The van der Waals surface area contributed by atoms with Crippen LogP contribution in [0.4, 0.5) is 13.6 Å². The van der Waals surface area contributed by atoms with Gasteiger partial charge in [-0.15, -0.1) is 0 Å². The van der Waals surface area contributed by atoms with Gasteiger partial charge in [-0.25, -0.2) is 13.6 Å². The first-order valence-electron chi connectivity index (χ1n) is 6.46. The average molecular weight is 270 g/mol. The second-order valence-corrected chi connectivity index (χ2v) is 4.70. The van der Waals surface area contributed by atoms with E-state index in [0.717, 1.165) is 25.0 Å². The van der Waals surface area contributed by atoms with E-state index in [0.29, 0.717) is 5.56 Å². The predicted molar refractivity (Wildman–Crippen MR) is 70.8 cm³/mol. The van der Waals surface area contributed by atoms with Crippen molar-refractivity contribution in [3.8, 4) is 0 Å². The van der Waals surface area contributed by atoms with Crippen molar-refractivity contribution in [1.82, 2.24) is 10.6 Å². The van der Waals surface area contributed by atoms with Crippen LogP contribution < -0.4 is 10.6 Å². The largest absolute Gasteiger partial charge is 0.336 e. The quantitative estimate of drug-likeness (QED) is 0.844. The molecule has 2 N–H and O–H groups in total. The van der Waals surface area contributed by atoms with E-state index < -0.39 is 11.6 Å². The van der Waals surface area contributed by atoms with Gasteiger partial charge in [-0.05, 0) is 38.0 Å². The number of carbonyl (C=O) groups is 1. The van der Waals surface area contributed by atoms with Crippen LogP contribution in [0.3, 0.4) is 0 Å². The van der Waals surface area contributed by atoms with E-state index in [4.69, 9.17) is 0 Å². The molecule has 106 valence electrons. The zero-order valence-electron chi connectivity index (χ0n) is 11.5. The van der Waals surface area contributed by atoms with Gasteiger partial charge in [-0.3, -0.25) is 0 Å². The molecule has 1 aromatic rings. The lowest BCUT2D eigenvalue weighted by Gasteiger charge is -2.18. The molecule has 0 bridgehead atoms. The van der Waals surface area contributed by atoms with Crippen molar-refractivity contribution in [2.45, 2.75) is 45.7 Å². The van der Waals surface area contributed by atoms with E-state index in [1.807, 2.05) is 13.8 Å². The molecule has 0 spiro atoms. The summed E-state index contributed by atoms with van der Waals surface area (Å²) in [6.45, 7) is 5.68. The second-order valence-electron chi connectivity index (χ2n) is 4.70. The van der Waals surface area contributed by atoms with E-state index >= 15 is 0 Å². The highest BCUT2D eigenvalue weighted by Gasteiger charge is 2.13. The fourth-order valence-corrected chi connectivity index (χ4v) is 1.83. The maximum atomic E-state index is 13.1. The topological polar surface area (TPSA) is 41.1 Å². The first kappa shape index (κ1) is 15.4. The zero-order valence-corrected chi connectivity index (χ0v) is 11.5. The van der Waals surface area contributed by atoms with Gasteiger partial charge in [-0.2, -0.15) is 0 Å². The number of nitrogens with one attached hydrogen (secondary N) is 2. The van der Waals surface area contributed by atoms with E-state index in [2.05, 4.69) is 10.6 Å². The number of hydrogen-bond donors (Lipinski definition) is 2. The Morgan fingerprint density at radius 2 is 1.89 bits per heavy atom. The summed E-state index contributed by atoms with van der Waals surface area (Å²) in [5, 5.41) is 5.48. The Bertz CT molecular complexity index is 437. The minimum absolute atomic E-state index is 0.0853. The molecule has 0 saturated carbocycles. The summed E-state index contributed by atoms with van der Waals surface area (Å²) >= 11 is 0. The van der Waals surface area contributed by atoms with Crippen molar-refractivity contribution < 1.29 is 13.6 Å². The highest BCUT2D eigenvalue weighted by molar-refractivity contribution is 5.74. The van der Waals surface area contributed by atoms with E-state index in [1.165, 1.54) is 6.07 Å². The summed E-state index contributed by atoms with van der Waals surface area (Å²) < 4.78 is 25.9. The van der Waals surface area contributed by atoms with Crippen molar-refractivity contribution >= 4 is 6.03 Å². The molecule has 1 aromatic carbocycles. The summed E-state index contributed by atoms with van der Waals surface area (Å²) in [5.74, 6) is -1.80. The molecular formula is C14H20F2N2O. The van der Waals surface area contributed by atoms with Gasteiger partial charge in [0.25, 0.3) is 0 Å². The van der Waals surface area contributed by atoms with Crippen LogP contribution in [-0.4, -0.2) is 12.1 Å². The molecule has 2 amide bonds. The van der Waals surface area contributed by atoms with Gasteiger partial charge in [0.1, 0.15) is 0 Å². The number of amides is 2. The molecule has 0 saturated heterocycles. The highest BCUT2D eigenvalue weighted by Crippen LogP contribution is 2.15. The van der Waals surface area contributed by atoms with Crippen molar-refractivity contribution in [2.75, 3.05) is 0 Å². The maximum Gasteiger partial charge on any atom is 0.315 e. The molecule has 0 heterocycles. The Kier molecular flexibility index (Phi) is 5.73. The van der Waals surface area contributed by atoms with Crippen LogP contribution >= 0.6 is 0 Å². The maximum absolute atomic E-state index is 13.1. The average Bonchev–Trinajstić information content (AvgIpc) is 2.32. The molecule has 5 heteroatoms. The van der Waals surface area contributed by atoms with Crippen molar-refractivity contribution in [2.24, 2.45) is 0 Å². The molecule has 0 radical (unpaired) electrons. The number of rotatable bonds is 5. The fraction of sp³-hybridized carbons (Fsp3) is 0.500. The van der Waals surface area contributed by atoms with Crippen LogP contribution in [0, 0.1) is 11.6 Å². The number of carbonyl (C=O) groups excluding carboxylic acids is 1. The Morgan fingerprint density at radius 1 is 1.21 bits per heavy atom. The lowest BCUT2D eigenvalue weighted by Crippen LogP contribution is -2.41. The standard InChI is InChI=1S/C14H20F2N2O/c1-4-5-9(2)17-14(19)18-10(3)11-6-7-12(15)13(16)8-11/h6-10H,4-5H2,1-3H3,(H2,17,18,19)/t9-,10+/m0/s1. The van der Waals surface area contributed by atoms with Crippen molar-refractivity contribution in [3.63, 3.8) is 0 Å². The fourth-order valence-electron chi connectivity index (χ4n) is 1.83. The Hall–Kier alpha value is -1.65. The summed E-state index contributed by atoms with van der Waals surface area (Å²) in [6.07, 6.45) is 1.88. The number of urea groups is 1. The molecule has 3 nitrogen and oxygen atoms in total.